The fourth-order valence-corrected chi connectivity index (χ4v) is 2.03. The largest absolute Gasteiger partial charge is 0.465 e. The number of carbonyl (C=O) groups excluding carboxylic acids is 1. The quantitative estimate of drug-likeness (QED) is 0.803. The van der Waals surface area contributed by atoms with Crippen molar-refractivity contribution >= 4 is 17.8 Å². The number of hydrogen-bond donors (Lipinski definition) is 0. The van der Waals surface area contributed by atoms with Crippen molar-refractivity contribution in [2.75, 3.05) is 0 Å². The maximum atomic E-state index is 12.3. The maximum absolute atomic E-state index is 12.3. The summed E-state index contributed by atoms with van der Waals surface area (Å²) in [6.45, 7) is 2.31. The Hall–Kier alpha value is -2.69. The van der Waals surface area contributed by atoms with E-state index in [9.17, 15) is 4.79 Å². The number of amidine groups is 1. The lowest BCUT2D eigenvalue weighted by Crippen LogP contribution is -2.29. The summed E-state index contributed by atoms with van der Waals surface area (Å²) in [6.07, 6.45) is 6.64. The van der Waals surface area contributed by atoms with Crippen LogP contribution in [0.4, 0.5) is 0 Å². The first kappa shape index (κ1) is 12.3. The molecule has 2 aromatic rings. The van der Waals surface area contributed by atoms with Gasteiger partial charge < -0.3 is 4.42 Å². The number of nitrogens with zero attached hydrogens (tertiary/aromatic N) is 3. The Morgan fingerprint density at radius 1 is 1.30 bits per heavy atom. The average Bonchev–Trinajstić information content (AvgIpc) is 3.05. The van der Waals surface area contributed by atoms with Crippen molar-refractivity contribution < 1.29 is 9.21 Å². The summed E-state index contributed by atoms with van der Waals surface area (Å²) in [5, 5.41) is 0. The smallest absolute Gasteiger partial charge is 0.278 e. The highest BCUT2D eigenvalue weighted by Crippen LogP contribution is 2.20. The molecule has 0 aromatic carbocycles. The summed E-state index contributed by atoms with van der Waals surface area (Å²) in [5.41, 5.74) is 1.41. The van der Waals surface area contributed by atoms with Crippen LogP contribution in [-0.2, 0) is 11.3 Å². The average molecular weight is 267 g/mol. The van der Waals surface area contributed by atoms with Crippen molar-refractivity contribution in [1.82, 2.24) is 9.88 Å². The first-order valence-electron chi connectivity index (χ1n) is 6.25. The van der Waals surface area contributed by atoms with Gasteiger partial charge in [-0.1, -0.05) is 0 Å². The second-order valence-electron chi connectivity index (χ2n) is 4.45. The number of pyridine rings is 1. The molecule has 20 heavy (non-hydrogen) atoms. The molecule has 0 unspecified atom stereocenters. The molecular weight excluding hydrogens is 254 g/mol. The summed E-state index contributed by atoms with van der Waals surface area (Å²) in [6, 6.07) is 7.33. The van der Waals surface area contributed by atoms with Crippen molar-refractivity contribution in [1.29, 1.82) is 0 Å². The Bertz CT molecular complexity index is 672. The van der Waals surface area contributed by atoms with E-state index < -0.39 is 0 Å². The van der Waals surface area contributed by atoms with E-state index in [4.69, 9.17) is 4.42 Å². The molecule has 100 valence electrons. The number of amides is 1. The second-order valence-corrected chi connectivity index (χ2v) is 4.45. The molecule has 1 amide bonds. The Kier molecular flexibility index (Phi) is 3.16. The number of furan rings is 1. The fraction of sp³-hybridized carbons (Fsp3) is 0.133. The van der Waals surface area contributed by atoms with Crippen LogP contribution in [0.3, 0.4) is 0 Å². The van der Waals surface area contributed by atoms with E-state index in [0.717, 1.165) is 5.56 Å². The minimum atomic E-state index is -0.115. The van der Waals surface area contributed by atoms with Gasteiger partial charge in [0.2, 0.25) is 0 Å². The molecule has 0 saturated heterocycles. The van der Waals surface area contributed by atoms with E-state index in [-0.39, 0.29) is 5.91 Å². The number of rotatable bonds is 3. The zero-order valence-electron chi connectivity index (χ0n) is 11.0. The zero-order valence-corrected chi connectivity index (χ0v) is 11.0. The summed E-state index contributed by atoms with van der Waals surface area (Å²) in [7, 11) is 0. The third-order valence-corrected chi connectivity index (χ3v) is 3.05. The van der Waals surface area contributed by atoms with Gasteiger partial charge >= 0.3 is 0 Å². The Balaban J connectivity index is 1.82. The van der Waals surface area contributed by atoms with Gasteiger partial charge in [0.05, 0.1) is 12.8 Å². The van der Waals surface area contributed by atoms with Crippen molar-refractivity contribution in [2.45, 2.75) is 13.5 Å². The van der Waals surface area contributed by atoms with Crippen molar-refractivity contribution in [2.24, 2.45) is 4.99 Å². The lowest BCUT2D eigenvalue weighted by molar-refractivity contribution is -0.123. The van der Waals surface area contributed by atoms with E-state index in [0.29, 0.717) is 23.8 Å². The molecule has 5 heteroatoms. The van der Waals surface area contributed by atoms with Gasteiger partial charge in [-0.25, -0.2) is 4.99 Å². The highest BCUT2D eigenvalue weighted by molar-refractivity contribution is 6.13. The van der Waals surface area contributed by atoms with Crippen LogP contribution in [0.25, 0.3) is 6.08 Å². The number of aliphatic imine (C=N–C) groups is 1. The Labute approximate surface area is 116 Å². The van der Waals surface area contributed by atoms with Crippen LogP contribution < -0.4 is 0 Å². The molecular formula is C15H13N3O2. The minimum absolute atomic E-state index is 0.115. The second kappa shape index (κ2) is 5.13. The van der Waals surface area contributed by atoms with Crippen molar-refractivity contribution in [3.63, 3.8) is 0 Å². The van der Waals surface area contributed by atoms with Gasteiger partial charge in [0.15, 0.2) is 0 Å². The zero-order chi connectivity index (χ0) is 13.9. The third kappa shape index (κ3) is 2.38. The summed E-state index contributed by atoms with van der Waals surface area (Å²) < 4.78 is 5.21. The van der Waals surface area contributed by atoms with Gasteiger partial charge in [-0.05, 0) is 36.8 Å². The Morgan fingerprint density at radius 3 is 2.80 bits per heavy atom. The van der Waals surface area contributed by atoms with Crippen molar-refractivity contribution in [3.8, 4) is 0 Å². The van der Waals surface area contributed by atoms with Gasteiger partial charge in [0.25, 0.3) is 5.91 Å². The number of aromatic nitrogens is 1. The molecule has 0 bridgehead atoms. The predicted molar refractivity (Wildman–Crippen MR) is 74.6 cm³/mol. The molecule has 5 nitrogen and oxygen atoms in total. The predicted octanol–water partition coefficient (Wildman–Crippen LogP) is 2.48. The Morgan fingerprint density at radius 2 is 2.10 bits per heavy atom. The van der Waals surface area contributed by atoms with Crippen LogP contribution in [0.2, 0.25) is 0 Å². The summed E-state index contributed by atoms with van der Waals surface area (Å²) >= 11 is 0. The molecule has 3 rings (SSSR count). The van der Waals surface area contributed by atoms with E-state index in [1.165, 1.54) is 0 Å². The van der Waals surface area contributed by atoms with E-state index in [1.807, 2.05) is 19.1 Å². The summed E-state index contributed by atoms with van der Waals surface area (Å²) in [4.78, 5) is 22.2. The van der Waals surface area contributed by atoms with Gasteiger partial charge in [0.1, 0.15) is 17.3 Å². The molecule has 1 aliphatic rings. The third-order valence-electron chi connectivity index (χ3n) is 3.05. The van der Waals surface area contributed by atoms with Gasteiger partial charge in [0, 0.05) is 18.5 Å². The van der Waals surface area contributed by atoms with Crippen LogP contribution in [0.1, 0.15) is 18.2 Å². The van der Waals surface area contributed by atoms with E-state index in [1.54, 1.807) is 41.8 Å². The fourth-order valence-electron chi connectivity index (χ4n) is 2.03. The van der Waals surface area contributed by atoms with E-state index >= 15 is 0 Å². The molecule has 0 atom stereocenters. The lowest BCUT2D eigenvalue weighted by atomic mass is 10.2. The molecule has 2 aromatic heterocycles. The van der Waals surface area contributed by atoms with Gasteiger partial charge in [-0.2, -0.15) is 0 Å². The van der Waals surface area contributed by atoms with Crippen LogP contribution in [0.15, 0.2) is 58.0 Å². The minimum Gasteiger partial charge on any atom is -0.465 e. The molecule has 0 fully saturated rings. The monoisotopic (exact) mass is 267 g/mol. The van der Waals surface area contributed by atoms with Crippen LogP contribution in [0, 0.1) is 0 Å². The molecule has 0 radical (unpaired) electrons. The molecule has 1 aliphatic heterocycles. The molecule has 0 aliphatic carbocycles. The number of hydrogen-bond acceptors (Lipinski definition) is 4. The van der Waals surface area contributed by atoms with E-state index in [2.05, 4.69) is 9.98 Å². The van der Waals surface area contributed by atoms with Gasteiger partial charge in [-0.15, -0.1) is 0 Å². The molecule has 0 spiro atoms. The maximum Gasteiger partial charge on any atom is 0.278 e. The lowest BCUT2D eigenvalue weighted by Gasteiger charge is -2.15. The van der Waals surface area contributed by atoms with Gasteiger partial charge in [-0.3, -0.25) is 14.7 Å². The topological polar surface area (TPSA) is 58.7 Å². The first-order chi connectivity index (χ1) is 9.74. The van der Waals surface area contributed by atoms with Crippen molar-refractivity contribution in [3.05, 3.63) is 59.9 Å². The highest BCUT2D eigenvalue weighted by atomic mass is 16.3. The van der Waals surface area contributed by atoms with Crippen LogP contribution in [-0.4, -0.2) is 21.6 Å². The SMILES string of the molecule is CC1=N/C(=C/c2ccco2)C(=O)N1Cc1ccncc1. The highest BCUT2D eigenvalue weighted by Gasteiger charge is 2.27. The molecule has 3 heterocycles. The first-order valence-corrected chi connectivity index (χ1v) is 6.25. The summed E-state index contributed by atoms with van der Waals surface area (Å²) in [5.74, 6) is 1.19. The van der Waals surface area contributed by atoms with Crippen LogP contribution in [0.5, 0.6) is 0 Å². The normalized spacial score (nSPS) is 16.9. The molecule has 0 N–H and O–H groups in total. The van der Waals surface area contributed by atoms with Crippen LogP contribution >= 0.6 is 0 Å². The molecule has 0 saturated carbocycles. The number of carbonyl (C=O) groups is 1. The standard InChI is InChI=1S/C15H13N3O2/c1-11-17-14(9-13-3-2-8-20-13)15(19)18(11)10-12-4-6-16-7-5-12/h2-9H,10H2,1H3/b14-9+.